The van der Waals surface area contributed by atoms with Crippen molar-refractivity contribution in [3.63, 3.8) is 0 Å². The number of hydrogen-bond acceptors (Lipinski definition) is 1. The van der Waals surface area contributed by atoms with E-state index in [9.17, 15) is 0 Å². The van der Waals surface area contributed by atoms with Crippen molar-refractivity contribution in [3.05, 3.63) is 64.8 Å². The Kier molecular flexibility index (Phi) is 3.41. The third-order valence-electron chi connectivity index (χ3n) is 3.56. The third kappa shape index (κ3) is 2.39. The van der Waals surface area contributed by atoms with Crippen LogP contribution in [-0.2, 0) is 13.7 Å². The highest BCUT2D eigenvalue weighted by molar-refractivity contribution is 6.30. The van der Waals surface area contributed by atoms with Gasteiger partial charge in [0.05, 0.1) is 11.2 Å². The Bertz CT molecular complexity index is 744. The molecule has 2 nitrogen and oxygen atoms in total. The highest BCUT2D eigenvalue weighted by Crippen LogP contribution is 2.23. The highest BCUT2D eigenvalue weighted by atomic mass is 35.5. The molecule has 1 heterocycles. The van der Waals surface area contributed by atoms with Gasteiger partial charge in [0.15, 0.2) is 0 Å². The Morgan fingerprint density at radius 2 is 1.85 bits per heavy atom. The Morgan fingerprint density at radius 1 is 1.10 bits per heavy atom. The number of fused-ring (bicyclic) bond motifs is 1. The maximum Gasteiger partial charge on any atom is 0.128 e. The summed E-state index contributed by atoms with van der Waals surface area (Å²) in [6.45, 7) is 2.68. The second-order valence-corrected chi connectivity index (χ2v) is 5.39. The number of rotatable bonds is 3. The molecule has 20 heavy (non-hydrogen) atoms. The Balaban J connectivity index is 1.86. The monoisotopic (exact) mass is 285 g/mol. The average Bonchev–Trinajstić information content (AvgIpc) is 2.76. The van der Waals surface area contributed by atoms with Crippen molar-refractivity contribution in [2.24, 2.45) is 7.05 Å². The van der Waals surface area contributed by atoms with Crippen LogP contribution in [-0.4, -0.2) is 4.57 Å². The van der Waals surface area contributed by atoms with E-state index >= 15 is 0 Å². The van der Waals surface area contributed by atoms with Gasteiger partial charge in [0.1, 0.15) is 12.4 Å². The first-order valence-corrected chi connectivity index (χ1v) is 6.95. The van der Waals surface area contributed by atoms with E-state index in [-0.39, 0.29) is 0 Å². The summed E-state index contributed by atoms with van der Waals surface area (Å²) >= 11 is 5.87. The van der Waals surface area contributed by atoms with E-state index in [4.69, 9.17) is 16.3 Å². The fraction of sp³-hybridized carbons (Fsp3) is 0.176. The van der Waals surface area contributed by atoms with E-state index in [0.717, 1.165) is 16.5 Å². The van der Waals surface area contributed by atoms with Gasteiger partial charge in [-0.2, -0.15) is 0 Å². The largest absolute Gasteiger partial charge is 0.487 e. The Morgan fingerprint density at radius 3 is 2.55 bits per heavy atom. The molecule has 0 unspecified atom stereocenters. The molecule has 0 aliphatic heterocycles. The van der Waals surface area contributed by atoms with Gasteiger partial charge in [-0.1, -0.05) is 29.8 Å². The Hall–Kier alpha value is -1.93. The molecule has 3 rings (SSSR count). The Labute approximate surface area is 123 Å². The molecule has 0 radical (unpaired) electrons. The molecule has 0 amide bonds. The van der Waals surface area contributed by atoms with Crippen LogP contribution in [0.4, 0.5) is 0 Å². The molecular weight excluding hydrogens is 270 g/mol. The number of para-hydroxylation sites is 1. The number of halogens is 1. The van der Waals surface area contributed by atoms with E-state index in [1.165, 1.54) is 16.5 Å². The van der Waals surface area contributed by atoms with Gasteiger partial charge in [-0.15, -0.1) is 0 Å². The summed E-state index contributed by atoms with van der Waals surface area (Å²) in [5.41, 5.74) is 3.70. The maximum absolute atomic E-state index is 5.87. The van der Waals surface area contributed by atoms with Gasteiger partial charge >= 0.3 is 0 Å². The van der Waals surface area contributed by atoms with E-state index in [1.807, 2.05) is 24.3 Å². The standard InChI is InChI=1S/C17H16ClNO/c1-12-4-3-5-13-10-15(19(2)17(12)13)11-20-16-8-6-14(18)7-9-16/h3-10H,11H2,1-2H3. The molecule has 0 bridgehead atoms. The molecule has 0 fully saturated rings. The fourth-order valence-electron chi connectivity index (χ4n) is 2.50. The molecule has 0 N–H and O–H groups in total. The molecule has 1 aromatic heterocycles. The number of hydrogen-bond donors (Lipinski definition) is 0. The second kappa shape index (κ2) is 5.22. The summed E-state index contributed by atoms with van der Waals surface area (Å²) in [6.07, 6.45) is 0. The van der Waals surface area contributed by atoms with Crippen molar-refractivity contribution in [1.29, 1.82) is 0 Å². The first kappa shape index (κ1) is 13.1. The zero-order chi connectivity index (χ0) is 14.1. The first-order chi connectivity index (χ1) is 9.65. The van der Waals surface area contributed by atoms with Crippen LogP contribution in [0, 0.1) is 6.92 Å². The molecule has 0 atom stereocenters. The summed E-state index contributed by atoms with van der Waals surface area (Å²) in [4.78, 5) is 0. The summed E-state index contributed by atoms with van der Waals surface area (Å²) < 4.78 is 8.01. The van der Waals surface area contributed by atoms with Crippen LogP contribution >= 0.6 is 11.6 Å². The minimum atomic E-state index is 0.548. The van der Waals surface area contributed by atoms with Crippen molar-refractivity contribution in [2.75, 3.05) is 0 Å². The van der Waals surface area contributed by atoms with Crippen molar-refractivity contribution >= 4 is 22.5 Å². The number of aromatic nitrogens is 1. The lowest BCUT2D eigenvalue weighted by Gasteiger charge is -2.08. The maximum atomic E-state index is 5.87. The third-order valence-corrected chi connectivity index (χ3v) is 3.81. The molecule has 102 valence electrons. The average molecular weight is 286 g/mol. The van der Waals surface area contributed by atoms with Crippen molar-refractivity contribution < 1.29 is 4.74 Å². The highest BCUT2D eigenvalue weighted by Gasteiger charge is 2.08. The lowest BCUT2D eigenvalue weighted by atomic mass is 10.2. The van der Waals surface area contributed by atoms with Crippen molar-refractivity contribution in [1.82, 2.24) is 4.57 Å². The van der Waals surface area contributed by atoms with E-state index in [1.54, 1.807) is 0 Å². The van der Waals surface area contributed by atoms with Crippen LogP contribution in [0.2, 0.25) is 5.02 Å². The van der Waals surface area contributed by atoms with Gasteiger partial charge in [0, 0.05) is 17.5 Å². The normalized spacial score (nSPS) is 10.9. The predicted octanol–water partition coefficient (Wildman–Crippen LogP) is 4.72. The lowest BCUT2D eigenvalue weighted by Crippen LogP contribution is -2.02. The predicted molar refractivity (Wildman–Crippen MR) is 83.4 cm³/mol. The van der Waals surface area contributed by atoms with Gasteiger partial charge in [0.25, 0.3) is 0 Å². The van der Waals surface area contributed by atoms with Crippen molar-refractivity contribution in [2.45, 2.75) is 13.5 Å². The summed E-state index contributed by atoms with van der Waals surface area (Å²) in [5.74, 6) is 0.830. The molecule has 2 aromatic carbocycles. The first-order valence-electron chi connectivity index (χ1n) is 6.57. The van der Waals surface area contributed by atoms with Crippen LogP contribution < -0.4 is 4.74 Å². The number of nitrogens with zero attached hydrogens (tertiary/aromatic N) is 1. The van der Waals surface area contributed by atoms with Crippen LogP contribution in [0.15, 0.2) is 48.5 Å². The summed E-state index contributed by atoms with van der Waals surface area (Å²) in [6, 6.07) is 16.0. The van der Waals surface area contributed by atoms with E-state index in [2.05, 4.69) is 42.8 Å². The molecule has 0 aliphatic rings. The minimum Gasteiger partial charge on any atom is -0.487 e. The van der Waals surface area contributed by atoms with E-state index < -0.39 is 0 Å². The number of ether oxygens (including phenoxy) is 1. The van der Waals surface area contributed by atoms with Crippen LogP contribution in [0.3, 0.4) is 0 Å². The van der Waals surface area contributed by atoms with Crippen LogP contribution in [0.25, 0.3) is 10.9 Å². The van der Waals surface area contributed by atoms with Gasteiger partial charge in [0.2, 0.25) is 0 Å². The second-order valence-electron chi connectivity index (χ2n) is 4.95. The van der Waals surface area contributed by atoms with Crippen molar-refractivity contribution in [3.8, 4) is 5.75 Å². The SMILES string of the molecule is Cc1cccc2cc(COc3ccc(Cl)cc3)n(C)c12. The molecule has 3 aromatic rings. The summed E-state index contributed by atoms with van der Waals surface area (Å²) in [5, 5.41) is 1.97. The smallest absolute Gasteiger partial charge is 0.128 e. The zero-order valence-corrected chi connectivity index (χ0v) is 12.3. The summed E-state index contributed by atoms with van der Waals surface area (Å²) in [7, 11) is 2.08. The van der Waals surface area contributed by atoms with E-state index in [0.29, 0.717) is 6.61 Å². The molecule has 0 spiro atoms. The van der Waals surface area contributed by atoms with Gasteiger partial charge < -0.3 is 9.30 Å². The van der Waals surface area contributed by atoms with Gasteiger partial charge in [-0.25, -0.2) is 0 Å². The molecule has 3 heteroatoms. The van der Waals surface area contributed by atoms with Gasteiger partial charge in [-0.3, -0.25) is 0 Å². The minimum absolute atomic E-state index is 0.548. The molecular formula is C17H16ClNO. The molecule has 0 aliphatic carbocycles. The number of benzene rings is 2. The lowest BCUT2D eigenvalue weighted by molar-refractivity contribution is 0.298. The molecule has 0 saturated carbocycles. The van der Waals surface area contributed by atoms with Crippen LogP contribution in [0.1, 0.15) is 11.3 Å². The quantitative estimate of drug-likeness (QED) is 0.679. The molecule has 0 saturated heterocycles. The number of aryl methyl sites for hydroxylation is 2. The van der Waals surface area contributed by atoms with Gasteiger partial charge in [-0.05, 0) is 42.8 Å². The fourth-order valence-corrected chi connectivity index (χ4v) is 2.63. The van der Waals surface area contributed by atoms with Crippen LogP contribution in [0.5, 0.6) is 5.75 Å². The zero-order valence-electron chi connectivity index (χ0n) is 11.6. The topological polar surface area (TPSA) is 14.2 Å².